The van der Waals surface area contributed by atoms with Gasteiger partial charge in [0.1, 0.15) is 6.04 Å². The Kier molecular flexibility index (Phi) is 3.18. The number of carbonyl (C=O) groups excluding carboxylic acids is 1. The van der Waals surface area contributed by atoms with Crippen LogP contribution in [-0.4, -0.2) is 30.5 Å². The minimum Gasteiger partial charge on any atom is -0.371 e. The van der Waals surface area contributed by atoms with Crippen molar-refractivity contribution in [3.63, 3.8) is 0 Å². The molecule has 4 nitrogen and oxygen atoms in total. The van der Waals surface area contributed by atoms with E-state index in [0.717, 1.165) is 24.3 Å². The first-order chi connectivity index (χ1) is 8.75. The zero-order valence-corrected chi connectivity index (χ0v) is 11.0. The van der Waals surface area contributed by atoms with Gasteiger partial charge >= 0.3 is 0 Å². The Hall–Kier alpha value is -1.20. The van der Waals surface area contributed by atoms with Crippen LogP contribution in [0.5, 0.6) is 0 Å². The van der Waals surface area contributed by atoms with Gasteiger partial charge in [0, 0.05) is 35.8 Å². The van der Waals surface area contributed by atoms with Crippen molar-refractivity contribution in [3.8, 4) is 0 Å². The topological polar surface area (TPSA) is 58.4 Å². The highest BCUT2D eigenvalue weighted by Gasteiger charge is 2.27. The fraction of sp³-hybridized carbons (Fsp3) is 0.462. The molecule has 2 aliphatic rings. The molecule has 1 unspecified atom stereocenters. The first-order valence-electron chi connectivity index (χ1n) is 6.29. The number of carbonyl (C=O) groups is 1. The van der Waals surface area contributed by atoms with Crippen molar-refractivity contribution >= 4 is 29.0 Å². The van der Waals surface area contributed by atoms with E-state index in [-0.39, 0.29) is 5.91 Å². The summed E-state index contributed by atoms with van der Waals surface area (Å²) in [7, 11) is 0. The second-order valence-electron chi connectivity index (χ2n) is 4.69. The van der Waals surface area contributed by atoms with E-state index < -0.39 is 6.04 Å². The number of hydrogen-bond donors (Lipinski definition) is 2. The zero-order valence-electron chi connectivity index (χ0n) is 10.2. The van der Waals surface area contributed by atoms with E-state index in [4.69, 9.17) is 5.73 Å². The molecule has 1 fully saturated rings. The summed E-state index contributed by atoms with van der Waals surface area (Å²) in [4.78, 5) is 13.9. The number of rotatable bonds is 1. The average Bonchev–Trinajstić information content (AvgIpc) is 2.61. The maximum Gasteiger partial charge on any atom is 0.245 e. The van der Waals surface area contributed by atoms with Crippen LogP contribution in [0.1, 0.15) is 18.0 Å². The third-order valence-corrected chi connectivity index (χ3v) is 4.55. The molecular weight excluding hydrogens is 246 g/mol. The standard InChI is InChI=1S/C13H17N3OS/c14-12-10-3-2-9(8-11(10)15-13(12)17)16-4-1-6-18-7-5-16/h2-3,8,12H,1,4-7,14H2,(H,15,17). The molecule has 1 aromatic carbocycles. The smallest absolute Gasteiger partial charge is 0.245 e. The van der Waals surface area contributed by atoms with Crippen LogP contribution in [0.15, 0.2) is 18.2 Å². The number of nitrogens with two attached hydrogens (primary N) is 1. The molecule has 0 bridgehead atoms. The summed E-state index contributed by atoms with van der Waals surface area (Å²) in [5, 5.41) is 2.85. The number of hydrogen-bond acceptors (Lipinski definition) is 4. The molecule has 3 N–H and O–H groups in total. The lowest BCUT2D eigenvalue weighted by atomic mass is 10.1. The lowest BCUT2D eigenvalue weighted by molar-refractivity contribution is -0.116. The van der Waals surface area contributed by atoms with Crippen LogP contribution in [0.2, 0.25) is 0 Å². The fourth-order valence-electron chi connectivity index (χ4n) is 2.48. The number of thioether (sulfide) groups is 1. The van der Waals surface area contributed by atoms with Crippen LogP contribution in [-0.2, 0) is 4.79 Å². The fourth-order valence-corrected chi connectivity index (χ4v) is 3.36. The van der Waals surface area contributed by atoms with Crippen molar-refractivity contribution in [2.24, 2.45) is 5.73 Å². The number of nitrogens with one attached hydrogen (secondary N) is 1. The highest BCUT2D eigenvalue weighted by atomic mass is 32.2. The van der Waals surface area contributed by atoms with Gasteiger partial charge in [0.15, 0.2) is 0 Å². The van der Waals surface area contributed by atoms with E-state index in [0.29, 0.717) is 0 Å². The molecule has 18 heavy (non-hydrogen) atoms. The quantitative estimate of drug-likeness (QED) is 0.807. The lowest BCUT2D eigenvalue weighted by Crippen LogP contribution is -2.25. The molecule has 1 atom stereocenters. The summed E-state index contributed by atoms with van der Waals surface area (Å²) in [6.45, 7) is 2.16. The van der Waals surface area contributed by atoms with Gasteiger partial charge in [-0.1, -0.05) is 6.07 Å². The molecule has 2 aliphatic heterocycles. The number of amides is 1. The molecule has 0 aromatic heterocycles. The number of benzene rings is 1. The van der Waals surface area contributed by atoms with Gasteiger partial charge in [0.25, 0.3) is 0 Å². The Morgan fingerprint density at radius 1 is 1.33 bits per heavy atom. The molecule has 0 radical (unpaired) electrons. The predicted molar refractivity (Wildman–Crippen MR) is 76.2 cm³/mol. The van der Waals surface area contributed by atoms with Crippen LogP contribution < -0.4 is 16.0 Å². The first-order valence-corrected chi connectivity index (χ1v) is 7.44. The number of fused-ring (bicyclic) bond motifs is 1. The second kappa shape index (κ2) is 4.82. The summed E-state index contributed by atoms with van der Waals surface area (Å²) >= 11 is 2.01. The van der Waals surface area contributed by atoms with Gasteiger partial charge in [-0.25, -0.2) is 0 Å². The van der Waals surface area contributed by atoms with E-state index in [1.807, 2.05) is 17.8 Å². The Morgan fingerprint density at radius 3 is 3.11 bits per heavy atom. The minimum atomic E-state index is -0.506. The van der Waals surface area contributed by atoms with Gasteiger partial charge in [0.2, 0.25) is 5.91 Å². The third-order valence-electron chi connectivity index (χ3n) is 3.50. The normalized spacial score (nSPS) is 23.5. The first kappa shape index (κ1) is 11.9. The van der Waals surface area contributed by atoms with Crippen LogP contribution in [0.25, 0.3) is 0 Å². The van der Waals surface area contributed by atoms with Crippen LogP contribution in [0.4, 0.5) is 11.4 Å². The Bertz CT molecular complexity index is 469. The SMILES string of the molecule is NC1C(=O)Nc2cc(N3CCCSCC3)ccc21. The molecule has 1 amide bonds. The molecular formula is C13H17N3OS. The van der Waals surface area contributed by atoms with Crippen molar-refractivity contribution in [1.82, 2.24) is 0 Å². The molecule has 1 aromatic rings. The van der Waals surface area contributed by atoms with Crippen molar-refractivity contribution < 1.29 is 4.79 Å². The number of anilines is 2. The van der Waals surface area contributed by atoms with E-state index in [9.17, 15) is 4.79 Å². The molecule has 1 saturated heterocycles. The van der Waals surface area contributed by atoms with Crippen LogP contribution >= 0.6 is 11.8 Å². The van der Waals surface area contributed by atoms with Gasteiger partial charge < -0.3 is 16.0 Å². The summed E-state index contributed by atoms with van der Waals surface area (Å²) in [5.74, 6) is 2.31. The van der Waals surface area contributed by atoms with Gasteiger partial charge in [0.05, 0.1) is 0 Å². The van der Waals surface area contributed by atoms with Gasteiger partial charge in [-0.05, 0) is 24.3 Å². The maximum absolute atomic E-state index is 11.5. The average molecular weight is 263 g/mol. The van der Waals surface area contributed by atoms with Crippen LogP contribution in [0, 0.1) is 0 Å². The van der Waals surface area contributed by atoms with Gasteiger partial charge in [-0.15, -0.1) is 0 Å². The summed E-state index contributed by atoms with van der Waals surface area (Å²) in [6, 6.07) is 5.60. The molecule has 0 spiro atoms. The van der Waals surface area contributed by atoms with E-state index in [1.165, 1.54) is 23.6 Å². The van der Waals surface area contributed by atoms with E-state index >= 15 is 0 Å². The van der Waals surface area contributed by atoms with Crippen LogP contribution in [0.3, 0.4) is 0 Å². The van der Waals surface area contributed by atoms with E-state index in [1.54, 1.807) is 0 Å². The molecule has 2 heterocycles. The predicted octanol–water partition coefficient (Wildman–Crippen LogP) is 1.58. The van der Waals surface area contributed by atoms with E-state index in [2.05, 4.69) is 22.3 Å². The Balaban J connectivity index is 1.86. The second-order valence-corrected chi connectivity index (χ2v) is 5.92. The van der Waals surface area contributed by atoms with Gasteiger partial charge in [-0.3, -0.25) is 4.79 Å². The molecule has 0 aliphatic carbocycles. The number of nitrogens with zero attached hydrogens (tertiary/aromatic N) is 1. The molecule has 0 saturated carbocycles. The third kappa shape index (κ3) is 2.08. The Morgan fingerprint density at radius 2 is 2.22 bits per heavy atom. The van der Waals surface area contributed by atoms with Crippen molar-refractivity contribution in [1.29, 1.82) is 0 Å². The monoisotopic (exact) mass is 263 g/mol. The molecule has 5 heteroatoms. The van der Waals surface area contributed by atoms with Crippen molar-refractivity contribution in [2.75, 3.05) is 34.8 Å². The molecule has 96 valence electrons. The highest BCUT2D eigenvalue weighted by Crippen LogP contribution is 2.33. The summed E-state index contributed by atoms with van der Waals surface area (Å²) < 4.78 is 0. The summed E-state index contributed by atoms with van der Waals surface area (Å²) in [5.41, 5.74) is 8.79. The van der Waals surface area contributed by atoms with Gasteiger partial charge in [-0.2, -0.15) is 11.8 Å². The maximum atomic E-state index is 11.5. The summed E-state index contributed by atoms with van der Waals surface area (Å²) in [6.07, 6.45) is 1.22. The highest BCUT2D eigenvalue weighted by molar-refractivity contribution is 7.99. The zero-order chi connectivity index (χ0) is 12.5. The Labute approximate surface area is 111 Å². The minimum absolute atomic E-state index is 0.103. The lowest BCUT2D eigenvalue weighted by Gasteiger charge is -2.23. The largest absolute Gasteiger partial charge is 0.371 e. The van der Waals surface area contributed by atoms with Crippen molar-refractivity contribution in [3.05, 3.63) is 23.8 Å². The van der Waals surface area contributed by atoms with Crippen molar-refractivity contribution in [2.45, 2.75) is 12.5 Å². The molecule has 3 rings (SSSR count).